The fourth-order valence-electron chi connectivity index (χ4n) is 2.01. The predicted octanol–water partition coefficient (Wildman–Crippen LogP) is 4.24. The Morgan fingerprint density at radius 1 is 0.938 bits per heavy atom. The zero-order valence-electron chi connectivity index (χ0n) is 11.8. The van der Waals surface area contributed by atoms with Crippen molar-refractivity contribution in [3.8, 4) is 0 Å². The number of rotatable bonds is 10. The maximum absolute atomic E-state index is 5.26. The standard InChI is InChI=1S/C14H30O2/c1-6-12(3)9-8-10-13(7-2)11-14(15-4)16-5/h12-14H,6-11H2,1-5H3/t12?,13-/m1/s1. The Morgan fingerprint density at radius 3 is 2.00 bits per heavy atom. The molecule has 0 rings (SSSR count). The van der Waals surface area contributed by atoms with Crippen LogP contribution in [-0.2, 0) is 9.47 Å². The van der Waals surface area contributed by atoms with Crippen LogP contribution in [0, 0.1) is 11.8 Å². The quantitative estimate of drug-likeness (QED) is 0.523. The van der Waals surface area contributed by atoms with Crippen LogP contribution >= 0.6 is 0 Å². The Kier molecular flexibility index (Phi) is 10.0. The van der Waals surface area contributed by atoms with Gasteiger partial charge in [0, 0.05) is 20.6 Å². The zero-order valence-corrected chi connectivity index (χ0v) is 11.8. The smallest absolute Gasteiger partial charge is 0.157 e. The van der Waals surface area contributed by atoms with Gasteiger partial charge >= 0.3 is 0 Å². The van der Waals surface area contributed by atoms with E-state index in [9.17, 15) is 0 Å². The van der Waals surface area contributed by atoms with E-state index in [0.717, 1.165) is 18.3 Å². The van der Waals surface area contributed by atoms with Gasteiger partial charge in [-0.25, -0.2) is 0 Å². The molecule has 0 aliphatic carbocycles. The van der Waals surface area contributed by atoms with Gasteiger partial charge in [0.25, 0.3) is 0 Å². The molecule has 0 aliphatic rings. The molecule has 0 radical (unpaired) electrons. The minimum Gasteiger partial charge on any atom is -0.356 e. The number of ether oxygens (including phenoxy) is 2. The molecule has 16 heavy (non-hydrogen) atoms. The van der Waals surface area contributed by atoms with Crippen molar-refractivity contribution in [3.05, 3.63) is 0 Å². The third-order valence-corrected chi connectivity index (χ3v) is 3.64. The van der Waals surface area contributed by atoms with E-state index in [2.05, 4.69) is 20.8 Å². The van der Waals surface area contributed by atoms with E-state index in [1.54, 1.807) is 14.2 Å². The summed E-state index contributed by atoms with van der Waals surface area (Å²) >= 11 is 0. The monoisotopic (exact) mass is 230 g/mol. The highest BCUT2D eigenvalue weighted by Gasteiger charge is 2.14. The van der Waals surface area contributed by atoms with E-state index >= 15 is 0 Å². The first-order valence-corrected chi connectivity index (χ1v) is 6.73. The Bertz CT molecular complexity index is 144. The molecule has 1 unspecified atom stereocenters. The molecule has 98 valence electrons. The summed E-state index contributed by atoms with van der Waals surface area (Å²) in [6.45, 7) is 6.87. The first-order valence-electron chi connectivity index (χ1n) is 6.73. The van der Waals surface area contributed by atoms with E-state index in [1.165, 1.54) is 32.1 Å². The average molecular weight is 230 g/mol. The second kappa shape index (κ2) is 10.1. The van der Waals surface area contributed by atoms with Crippen LogP contribution in [0.25, 0.3) is 0 Å². The summed E-state index contributed by atoms with van der Waals surface area (Å²) in [4.78, 5) is 0. The van der Waals surface area contributed by atoms with E-state index < -0.39 is 0 Å². The van der Waals surface area contributed by atoms with Crippen LogP contribution in [0.4, 0.5) is 0 Å². The van der Waals surface area contributed by atoms with E-state index in [0.29, 0.717) is 0 Å². The molecule has 0 saturated heterocycles. The molecule has 0 bridgehead atoms. The molecule has 2 heteroatoms. The van der Waals surface area contributed by atoms with Gasteiger partial charge in [0.15, 0.2) is 6.29 Å². The summed E-state index contributed by atoms with van der Waals surface area (Å²) in [7, 11) is 3.44. The van der Waals surface area contributed by atoms with Gasteiger partial charge in [-0.05, 0) is 11.8 Å². The van der Waals surface area contributed by atoms with Crippen LogP contribution < -0.4 is 0 Å². The van der Waals surface area contributed by atoms with Crippen molar-refractivity contribution in [3.63, 3.8) is 0 Å². The van der Waals surface area contributed by atoms with Gasteiger partial charge in [-0.15, -0.1) is 0 Å². The molecule has 0 heterocycles. The molecule has 0 aromatic heterocycles. The van der Waals surface area contributed by atoms with Crippen LogP contribution in [0.2, 0.25) is 0 Å². The van der Waals surface area contributed by atoms with E-state index in [4.69, 9.17) is 9.47 Å². The maximum atomic E-state index is 5.26. The summed E-state index contributed by atoms with van der Waals surface area (Å²) in [6, 6.07) is 0. The van der Waals surface area contributed by atoms with Gasteiger partial charge in [0.1, 0.15) is 0 Å². The van der Waals surface area contributed by atoms with Gasteiger partial charge < -0.3 is 9.47 Å². The molecule has 0 N–H and O–H groups in total. The van der Waals surface area contributed by atoms with E-state index in [-0.39, 0.29) is 6.29 Å². The predicted molar refractivity (Wildman–Crippen MR) is 69.5 cm³/mol. The first-order chi connectivity index (χ1) is 7.67. The minimum absolute atomic E-state index is 0.0199. The largest absolute Gasteiger partial charge is 0.356 e. The van der Waals surface area contributed by atoms with Crippen LogP contribution in [0.3, 0.4) is 0 Å². The first kappa shape index (κ1) is 15.9. The molecule has 0 spiro atoms. The Morgan fingerprint density at radius 2 is 1.56 bits per heavy atom. The van der Waals surface area contributed by atoms with Crippen molar-refractivity contribution in [1.29, 1.82) is 0 Å². The highest BCUT2D eigenvalue weighted by molar-refractivity contribution is 4.61. The molecule has 0 aliphatic heterocycles. The number of methoxy groups -OCH3 is 2. The summed E-state index contributed by atoms with van der Waals surface area (Å²) < 4.78 is 10.5. The van der Waals surface area contributed by atoms with Crippen molar-refractivity contribution in [2.24, 2.45) is 11.8 Å². The van der Waals surface area contributed by atoms with Crippen molar-refractivity contribution in [1.82, 2.24) is 0 Å². The maximum Gasteiger partial charge on any atom is 0.157 e. The highest BCUT2D eigenvalue weighted by Crippen LogP contribution is 2.22. The van der Waals surface area contributed by atoms with Gasteiger partial charge in [-0.3, -0.25) is 0 Å². The molecule has 2 nitrogen and oxygen atoms in total. The lowest BCUT2D eigenvalue weighted by Crippen LogP contribution is -2.18. The summed E-state index contributed by atoms with van der Waals surface area (Å²) in [5.41, 5.74) is 0. The number of hydrogen-bond acceptors (Lipinski definition) is 2. The second-order valence-electron chi connectivity index (χ2n) is 4.86. The van der Waals surface area contributed by atoms with Crippen LogP contribution in [-0.4, -0.2) is 20.5 Å². The van der Waals surface area contributed by atoms with Gasteiger partial charge in [0.05, 0.1) is 0 Å². The molecule has 0 aromatic carbocycles. The molecule has 0 saturated carbocycles. The van der Waals surface area contributed by atoms with Crippen LogP contribution in [0.1, 0.15) is 59.3 Å². The summed E-state index contributed by atoms with van der Waals surface area (Å²) in [5.74, 6) is 1.62. The topological polar surface area (TPSA) is 18.5 Å². The molecule has 0 fully saturated rings. The normalized spacial score (nSPS) is 15.4. The summed E-state index contributed by atoms with van der Waals surface area (Å²) in [5, 5.41) is 0. The van der Waals surface area contributed by atoms with Gasteiger partial charge in [0.2, 0.25) is 0 Å². The molecule has 0 amide bonds. The van der Waals surface area contributed by atoms with Crippen molar-refractivity contribution >= 4 is 0 Å². The zero-order chi connectivity index (χ0) is 12.4. The highest BCUT2D eigenvalue weighted by atomic mass is 16.7. The van der Waals surface area contributed by atoms with Crippen molar-refractivity contribution in [2.45, 2.75) is 65.6 Å². The van der Waals surface area contributed by atoms with Crippen molar-refractivity contribution < 1.29 is 9.47 Å². The summed E-state index contributed by atoms with van der Waals surface area (Å²) in [6.07, 6.45) is 7.55. The third-order valence-electron chi connectivity index (χ3n) is 3.64. The SMILES string of the molecule is CCC(C)CCC[C@@H](CC)CC(OC)OC. The van der Waals surface area contributed by atoms with E-state index in [1.807, 2.05) is 0 Å². The van der Waals surface area contributed by atoms with Gasteiger partial charge in [-0.1, -0.05) is 52.9 Å². The van der Waals surface area contributed by atoms with Crippen LogP contribution in [0.15, 0.2) is 0 Å². The molecular formula is C14H30O2. The Balaban J connectivity index is 3.73. The average Bonchev–Trinajstić information content (AvgIpc) is 2.33. The lowest BCUT2D eigenvalue weighted by Gasteiger charge is -2.21. The lowest BCUT2D eigenvalue weighted by molar-refractivity contribution is -0.114. The lowest BCUT2D eigenvalue weighted by atomic mass is 9.92. The van der Waals surface area contributed by atoms with Crippen molar-refractivity contribution in [2.75, 3.05) is 14.2 Å². The third kappa shape index (κ3) is 7.24. The Labute approximate surface area is 102 Å². The molecule has 0 aromatic rings. The minimum atomic E-state index is -0.0199. The Hall–Kier alpha value is -0.0800. The molecule has 2 atom stereocenters. The number of hydrogen-bond donors (Lipinski definition) is 0. The van der Waals surface area contributed by atoms with Gasteiger partial charge in [-0.2, -0.15) is 0 Å². The fraction of sp³-hybridized carbons (Fsp3) is 1.00. The molecular weight excluding hydrogens is 200 g/mol. The second-order valence-corrected chi connectivity index (χ2v) is 4.86. The van der Waals surface area contributed by atoms with Crippen LogP contribution in [0.5, 0.6) is 0 Å². The fourth-order valence-corrected chi connectivity index (χ4v) is 2.01.